The number of nitrogens with two attached hydrogens (primary N) is 1. The Balaban J connectivity index is 2.55. The van der Waals surface area contributed by atoms with E-state index in [4.69, 9.17) is 15.3 Å². The molecule has 8 heteroatoms. The SMILES string of the molecule is CCCOc1nc(NN)nc(NCCOC(C)C)n1. The molecule has 19 heavy (non-hydrogen) atoms. The zero-order valence-corrected chi connectivity index (χ0v) is 11.6. The van der Waals surface area contributed by atoms with Crippen molar-refractivity contribution in [3.63, 3.8) is 0 Å². The molecule has 1 rings (SSSR count). The van der Waals surface area contributed by atoms with E-state index in [1.807, 2.05) is 20.8 Å². The molecule has 0 fully saturated rings. The summed E-state index contributed by atoms with van der Waals surface area (Å²) in [7, 11) is 0. The van der Waals surface area contributed by atoms with E-state index in [2.05, 4.69) is 25.7 Å². The fraction of sp³-hybridized carbons (Fsp3) is 0.727. The van der Waals surface area contributed by atoms with Crippen molar-refractivity contribution in [2.45, 2.75) is 33.3 Å². The van der Waals surface area contributed by atoms with Gasteiger partial charge < -0.3 is 14.8 Å². The van der Waals surface area contributed by atoms with Gasteiger partial charge in [0.15, 0.2) is 0 Å². The monoisotopic (exact) mass is 270 g/mol. The number of rotatable bonds is 9. The fourth-order valence-electron chi connectivity index (χ4n) is 1.22. The number of hydrazine groups is 1. The molecule has 0 saturated carbocycles. The van der Waals surface area contributed by atoms with Crippen LogP contribution in [-0.2, 0) is 4.74 Å². The summed E-state index contributed by atoms with van der Waals surface area (Å²) in [5.74, 6) is 5.96. The lowest BCUT2D eigenvalue weighted by Crippen LogP contribution is -2.17. The first-order valence-corrected chi connectivity index (χ1v) is 6.36. The molecule has 0 aliphatic heterocycles. The molecule has 1 aromatic rings. The highest BCUT2D eigenvalue weighted by Gasteiger charge is 2.06. The molecule has 0 spiro atoms. The van der Waals surface area contributed by atoms with Crippen LogP contribution in [0.3, 0.4) is 0 Å². The van der Waals surface area contributed by atoms with Crippen molar-refractivity contribution < 1.29 is 9.47 Å². The van der Waals surface area contributed by atoms with Gasteiger partial charge >= 0.3 is 6.01 Å². The number of anilines is 2. The van der Waals surface area contributed by atoms with Gasteiger partial charge in [-0.25, -0.2) is 5.84 Å². The third-order valence-electron chi connectivity index (χ3n) is 2.02. The molecule has 4 N–H and O–H groups in total. The molecular formula is C11H22N6O2. The largest absolute Gasteiger partial charge is 0.463 e. The van der Waals surface area contributed by atoms with Crippen LogP contribution >= 0.6 is 0 Å². The summed E-state index contributed by atoms with van der Waals surface area (Å²) in [5.41, 5.74) is 2.38. The lowest BCUT2D eigenvalue weighted by atomic mass is 10.5. The molecule has 0 atom stereocenters. The zero-order valence-electron chi connectivity index (χ0n) is 11.6. The van der Waals surface area contributed by atoms with E-state index in [1.165, 1.54) is 0 Å². The highest BCUT2D eigenvalue weighted by Crippen LogP contribution is 2.10. The van der Waals surface area contributed by atoms with Crippen molar-refractivity contribution in [1.29, 1.82) is 0 Å². The molecule has 0 unspecified atom stereocenters. The van der Waals surface area contributed by atoms with Crippen LogP contribution < -0.4 is 21.3 Å². The molecule has 8 nitrogen and oxygen atoms in total. The maximum absolute atomic E-state index is 5.41. The predicted octanol–water partition coefficient (Wildman–Crippen LogP) is 0.783. The number of nitrogens with one attached hydrogen (secondary N) is 2. The molecule has 0 amide bonds. The quantitative estimate of drug-likeness (QED) is 0.343. The molecule has 1 aromatic heterocycles. The van der Waals surface area contributed by atoms with Crippen molar-refractivity contribution >= 4 is 11.9 Å². The number of nitrogens with zero attached hydrogens (tertiary/aromatic N) is 3. The molecule has 1 heterocycles. The lowest BCUT2D eigenvalue weighted by molar-refractivity contribution is 0.0869. The summed E-state index contributed by atoms with van der Waals surface area (Å²) < 4.78 is 10.8. The number of nitrogen functional groups attached to an aromatic ring is 1. The van der Waals surface area contributed by atoms with Crippen molar-refractivity contribution in [3.05, 3.63) is 0 Å². The number of aromatic nitrogens is 3. The third-order valence-corrected chi connectivity index (χ3v) is 2.02. The Morgan fingerprint density at radius 3 is 2.53 bits per heavy atom. The van der Waals surface area contributed by atoms with E-state index in [9.17, 15) is 0 Å². The molecule has 108 valence electrons. The zero-order chi connectivity index (χ0) is 14.1. The standard InChI is InChI=1S/C11H22N6O2/c1-4-6-19-11-15-9(14-10(16-11)17-12)13-5-7-18-8(2)3/h8H,4-7,12H2,1-3H3,(H2,13,14,15,16,17). The van der Waals surface area contributed by atoms with Crippen molar-refractivity contribution in [2.75, 3.05) is 30.5 Å². The Labute approximate surface area is 113 Å². The van der Waals surface area contributed by atoms with E-state index in [0.717, 1.165) is 6.42 Å². The van der Waals surface area contributed by atoms with Gasteiger partial charge in [-0.1, -0.05) is 6.92 Å². The van der Waals surface area contributed by atoms with Crippen LogP contribution in [0, 0.1) is 0 Å². The number of hydrogen-bond acceptors (Lipinski definition) is 8. The van der Waals surface area contributed by atoms with E-state index < -0.39 is 0 Å². The van der Waals surface area contributed by atoms with E-state index in [0.29, 0.717) is 25.7 Å². The van der Waals surface area contributed by atoms with Crippen LogP contribution in [0.4, 0.5) is 11.9 Å². The summed E-state index contributed by atoms with van der Waals surface area (Å²) in [6, 6.07) is 0.247. The predicted molar refractivity (Wildman–Crippen MR) is 73.0 cm³/mol. The first-order chi connectivity index (χ1) is 9.15. The van der Waals surface area contributed by atoms with Gasteiger partial charge in [0, 0.05) is 6.54 Å². The highest BCUT2D eigenvalue weighted by atomic mass is 16.5. The molecule has 0 bridgehead atoms. The maximum atomic E-state index is 5.41. The van der Waals surface area contributed by atoms with Gasteiger partial charge in [-0.2, -0.15) is 15.0 Å². The molecular weight excluding hydrogens is 248 g/mol. The minimum atomic E-state index is 0.199. The van der Waals surface area contributed by atoms with Gasteiger partial charge in [-0.3, -0.25) is 5.43 Å². The van der Waals surface area contributed by atoms with Crippen LogP contribution in [0.5, 0.6) is 6.01 Å². The van der Waals surface area contributed by atoms with Crippen LogP contribution in [0.1, 0.15) is 27.2 Å². The van der Waals surface area contributed by atoms with Crippen molar-refractivity contribution in [3.8, 4) is 6.01 Å². The Bertz CT molecular complexity index is 374. The highest BCUT2D eigenvalue weighted by molar-refractivity contribution is 5.34. The second kappa shape index (κ2) is 8.44. The minimum Gasteiger partial charge on any atom is -0.463 e. The average Bonchev–Trinajstić information content (AvgIpc) is 2.41. The smallest absolute Gasteiger partial charge is 0.323 e. The van der Waals surface area contributed by atoms with Gasteiger partial charge in [0.05, 0.1) is 19.3 Å². The Morgan fingerprint density at radius 2 is 1.89 bits per heavy atom. The van der Waals surface area contributed by atoms with Crippen molar-refractivity contribution in [2.24, 2.45) is 5.84 Å². The van der Waals surface area contributed by atoms with Crippen molar-refractivity contribution in [1.82, 2.24) is 15.0 Å². The Hall–Kier alpha value is -1.67. The summed E-state index contributed by atoms with van der Waals surface area (Å²) in [6.07, 6.45) is 1.08. The second-order valence-corrected chi connectivity index (χ2v) is 4.10. The van der Waals surface area contributed by atoms with Gasteiger partial charge in [-0.05, 0) is 20.3 Å². The minimum absolute atomic E-state index is 0.199. The average molecular weight is 270 g/mol. The molecule has 0 aromatic carbocycles. The Kier molecular flexibility index (Phi) is 6.83. The summed E-state index contributed by atoms with van der Waals surface area (Å²) in [4.78, 5) is 12.2. The van der Waals surface area contributed by atoms with E-state index in [1.54, 1.807) is 0 Å². The summed E-state index contributed by atoms with van der Waals surface area (Å²) >= 11 is 0. The normalized spacial score (nSPS) is 10.6. The first-order valence-electron chi connectivity index (χ1n) is 6.36. The van der Waals surface area contributed by atoms with Crippen LogP contribution in [-0.4, -0.2) is 40.8 Å². The topological polar surface area (TPSA) is 107 Å². The fourth-order valence-corrected chi connectivity index (χ4v) is 1.22. The second-order valence-electron chi connectivity index (χ2n) is 4.10. The van der Waals surface area contributed by atoms with Gasteiger partial charge in [0.2, 0.25) is 11.9 Å². The molecule has 0 aliphatic rings. The Morgan fingerprint density at radius 1 is 1.16 bits per heavy atom. The maximum Gasteiger partial charge on any atom is 0.323 e. The van der Waals surface area contributed by atoms with Crippen LogP contribution in [0.15, 0.2) is 0 Å². The van der Waals surface area contributed by atoms with Crippen LogP contribution in [0.2, 0.25) is 0 Å². The van der Waals surface area contributed by atoms with Gasteiger partial charge in [-0.15, -0.1) is 0 Å². The third kappa shape index (κ3) is 6.16. The lowest BCUT2D eigenvalue weighted by Gasteiger charge is -2.10. The van der Waals surface area contributed by atoms with Gasteiger partial charge in [0.25, 0.3) is 0 Å². The molecule has 0 saturated heterocycles. The molecule has 0 aliphatic carbocycles. The first kappa shape index (κ1) is 15.4. The summed E-state index contributed by atoms with van der Waals surface area (Å²) in [6.45, 7) is 7.68. The van der Waals surface area contributed by atoms with Gasteiger partial charge in [0.1, 0.15) is 0 Å². The molecule has 0 radical (unpaired) electrons. The number of ether oxygens (including phenoxy) is 2. The number of hydrogen-bond donors (Lipinski definition) is 3. The van der Waals surface area contributed by atoms with E-state index >= 15 is 0 Å². The summed E-state index contributed by atoms with van der Waals surface area (Å²) in [5, 5.41) is 3.03. The van der Waals surface area contributed by atoms with Crippen LogP contribution in [0.25, 0.3) is 0 Å². The van der Waals surface area contributed by atoms with E-state index in [-0.39, 0.29) is 18.1 Å².